The molecule has 0 unspecified atom stereocenters. The number of nitrogens with two attached hydrogens (primary N) is 1. The smallest absolute Gasteiger partial charge is 0.301 e. The standard InChI is InChI=1S/C11H16N4O2S/c1-8(2)15(3)18(16,17)14-11-5-4-9(7-12)6-10(11)13/h4-6,8,14H,13H2,1-3H3. The Balaban J connectivity index is 3.02. The molecule has 6 nitrogen and oxygen atoms in total. The van der Waals surface area contributed by atoms with Gasteiger partial charge in [0.1, 0.15) is 0 Å². The SMILES string of the molecule is CC(C)N(C)S(=O)(=O)Nc1ccc(C#N)cc1N. The summed E-state index contributed by atoms with van der Waals surface area (Å²) in [4.78, 5) is 0. The van der Waals surface area contributed by atoms with E-state index in [1.54, 1.807) is 13.8 Å². The first-order valence-corrected chi connectivity index (χ1v) is 6.77. The lowest BCUT2D eigenvalue weighted by atomic mass is 10.2. The molecule has 1 aromatic carbocycles. The monoisotopic (exact) mass is 268 g/mol. The fraction of sp³-hybridized carbons (Fsp3) is 0.364. The van der Waals surface area contributed by atoms with Crippen LogP contribution in [0.15, 0.2) is 18.2 Å². The third-order valence-corrected chi connectivity index (χ3v) is 4.18. The van der Waals surface area contributed by atoms with Gasteiger partial charge in [0.25, 0.3) is 0 Å². The summed E-state index contributed by atoms with van der Waals surface area (Å²) in [5.41, 5.74) is 6.55. The zero-order chi connectivity index (χ0) is 13.9. The minimum absolute atomic E-state index is 0.165. The number of hydrogen-bond acceptors (Lipinski definition) is 4. The average Bonchev–Trinajstić information content (AvgIpc) is 2.30. The van der Waals surface area contributed by atoms with Crippen LogP contribution in [-0.4, -0.2) is 25.8 Å². The molecule has 7 heteroatoms. The summed E-state index contributed by atoms with van der Waals surface area (Å²) in [6.07, 6.45) is 0. The molecular weight excluding hydrogens is 252 g/mol. The molecule has 0 amide bonds. The second-order valence-corrected chi connectivity index (χ2v) is 5.86. The second-order valence-electron chi connectivity index (χ2n) is 4.13. The maximum absolute atomic E-state index is 11.9. The van der Waals surface area contributed by atoms with Crippen LogP contribution in [0.1, 0.15) is 19.4 Å². The summed E-state index contributed by atoms with van der Waals surface area (Å²) < 4.78 is 27.5. The van der Waals surface area contributed by atoms with Crippen molar-refractivity contribution in [2.24, 2.45) is 0 Å². The van der Waals surface area contributed by atoms with E-state index in [1.807, 2.05) is 6.07 Å². The van der Waals surface area contributed by atoms with Gasteiger partial charge in [0.15, 0.2) is 0 Å². The summed E-state index contributed by atoms with van der Waals surface area (Å²) in [6.45, 7) is 3.53. The van der Waals surface area contributed by atoms with E-state index in [9.17, 15) is 8.42 Å². The highest BCUT2D eigenvalue weighted by atomic mass is 32.2. The number of anilines is 2. The molecule has 0 fully saturated rings. The predicted octanol–water partition coefficient (Wildman–Crippen LogP) is 1.14. The molecule has 0 saturated heterocycles. The van der Waals surface area contributed by atoms with Crippen LogP contribution >= 0.6 is 0 Å². The normalized spacial score (nSPS) is 11.6. The van der Waals surface area contributed by atoms with Crippen LogP contribution in [0.2, 0.25) is 0 Å². The van der Waals surface area contributed by atoms with Crippen LogP contribution in [0.5, 0.6) is 0 Å². The van der Waals surface area contributed by atoms with E-state index >= 15 is 0 Å². The van der Waals surface area contributed by atoms with E-state index in [-0.39, 0.29) is 17.4 Å². The van der Waals surface area contributed by atoms with Gasteiger partial charge in [0.2, 0.25) is 0 Å². The molecule has 0 saturated carbocycles. The summed E-state index contributed by atoms with van der Waals surface area (Å²) in [7, 11) is -2.16. The predicted molar refractivity (Wildman–Crippen MR) is 71.0 cm³/mol. The molecule has 0 atom stereocenters. The van der Waals surface area contributed by atoms with Crippen molar-refractivity contribution in [1.29, 1.82) is 5.26 Å². The minimum atomic E-state index is -3.63. The maximum atomic E-state index is 11.9. The van der Waals surface area contributed by atoms with Gasteiger partial charge in [-0.3, -0.25) is 4.72 Å². The Bertz CT molecular complexity index is 575. The number of nitrogens with one attached hydrogen (secondary N) is 1. The molecule has 0 aromatic heterocycles. The molecule has 0 bridgehead atoms. The Morgan fingerprint density at radius 1 is 1.44 bits per heavy atom. The lowest BCUT2D eigenvalue weighted by Crippen LogP contribution is -2.37. The lowest BCUT2D eigenvalue weighted by Gasteiger charge is -2.22. The fourth-order valence-electron chi connectivity index (χ4n) is 1.21. The lowest BCUT2D eigenvalue weighted by molar-refractivity contribution is 0.414. The van der Waals surface area contributed by atoms with E-state index in [2.05, 4.69) is 4.72 Å². The Morgan fingerprint density at radius 3 is 2.50 bits per heavy atom. The van der Waals surface area contributed by atoms with Gasteiger partial charge in [-0.25, -0.2) is 0 Å². The molecule has 0 spiro atoms. The minimum Gasteiger partial charge on any atom is -0.397 e. The molecule has 98 valence electrons. The molecule has 3 N–H and O–H groups in total. The highest BCUT2D eigenvalue weighted by Gasteiger charge is 2.21. The molecule has 0 aliphatic rings. The summed E-state index contributed by atoms with van der Waals surface area (Å²) >= 11 is 0. The van der Waals surface area contributed by atoms with Crippen molar-refractivity contribution in [2.75, 3.05) is 17.5 Å². The molecule has 0 radical (unpaired) electrons. The van der Waals surface area contributed by atoms with Crippen LogP contribution in [0.4, 0.5) is 11.4 Å². The third-order valence-electron chi connectivity index (χ3n) is 2.53. The quantitative estimate of drug-likeness (QED) is 0.800. The van der Waals surface area contributed by atoms with Gasteiger partial charge in [0.05, 0.1) is 23.0 Å². The average molecular weight is 268 g/mol. The van der Waals surface area contributed by atoms with Gasteiger partial charge in [-0.1, -0.05) is 0 Å². The Hall–Kier alpha value is -1.78. The van der Waals surface area contributed by atoms with Crippen molar-refractivity contribution in [2.45, 2.75) is 19.9 Å². The van der Waals surface area contributed by atoms with Crippen LogP contribution in [0, 0.1) is 11.3 Å². The van der Waals surface area contributed by atoms with Gasteiger partial charge in [-0.2, -0.15) is 18.0 Å². The van der Waals surface area contributed by atoms with E-state index < -0.39 is 10.2 Å². The molecular formula is C11H16N4O2S. The van der Waals surface area contributed by atoms with Crippen molar-refractivity contribution >= 4 is 21.6 Å². The number of hydrogen-bond donors (Lipinski definition) is 2. The van der Waals surface area contributed by atoms with Gasteiger partial charge < -0.3 is 5.73 Å². The van der Waals surface area contributed by atoms with Gasteiger partial charge in [-0.15, -0.1) is 0 Å². The molecule has 0 aliphatic carbocycles. The molecule has 1 aromatic rings. The third kappa shape index (κ3) is 3.12. The molecule has 1 rings (SSSR count). The van der Waals surface area contributed by atoms with Crippen molar-refractivity contribution in [3.8, 4) is 6.07 Å². The number of rotatable bonds is 4. The van der Waals surface area contributed by atoms with E-state index in [0.717, 1.165) is 0 Å². The highest BCUT2D eigenvalue weighted by Crippen LogP contribution is 2.21. The van der Waals surface area contributed by atoms with Crippen LogP contribution in [0.3, 0.4) is 0 Å². The highest BCUT2D eigenvalue weighted by molar-refractivity contribution is 7.90. The number of nitrogen functional groups attached to an aromatic ring is 1. The first-order valence-electron chi connectivity index (χ1n) is 5.33. The maximum Gasteiger partial charge on any atom is 0.301 e. The van der Waals surface area contributed by atoms with Gasteiger partial charge in [0, 0.05) is 13.1 Å². The topological polar surface area (TPSA) is 99.2 Å². The van der Waals surface area contributed by atoms with Crippen LogP contribution in [0.25, 0.3) is 0 Å². The Kier molecular flexibility index (Phi) is 4.16. The van der Waals surface area contributed by atoms with Crippen molar-refractivity contribution in [1.82, 2.24) is 4.31 Å². The fourth-order valence-corrected chi connectivity index (χ4v) is 2.38. The number of nitrogens with zero attached hydrogens (tertiary/aromatic N) is 2. The van der Waals surface area contributed by atoms with Crippen molar-refractivity contribution < 1.29 is 8.42 Å². The number of benzene rings is 1. The van der Waals surface area contributed by atoms with Gasteiger partial charge >= 0.3 is 10.2 Å². The molecule has 0 heterocycles. The zero-order valence-corrected chi connectivity index (χ0v) is 11.3. The largest absolute Gasteiger partial charge is 0.397 e. The van der Waals surface area contributed by atoms with E-state index in [4.69, 9.17) is 11.0 Å². The first-order chi connectivity index (χ1) is 8.27. The summed E-state index contributed by atoms with van der Waals surface area (Å²) in [5, 5.41) is 8.69. The van der Waals surface area contributed by atoms with Crippen molar-refractivity contribution in [3.63, 3.8) is 0 Å². The van der Waals surface area contributed by atoms with E-state index in [0.29, 0.717) is 5.56 Å². The first kappa shape index (κ1) is 14.3. The van der Waals surface area contributed by atoms with Crippen LogP contribution in [-0.2, 0) is 10.2 Å². The number of nitriles is 1. The van der Waals surface area contributed by atoms with E-state index in [1.165, 1.54) is 29.6 Å². The Morgan fingerprint density at radius 2 is 2.06 bits per heavy atom. The van der Waals surface area contributed by atoms with Crippen molar-refractivity contribution in [3.05, 3.63) is 23.8 Å². The summed E-state index contributed by atoms with van der Waals surface area (Å²) in [5.74, 6) is 0. The summed E-state index contributed by atoms with van der Waals surface area (Å²) in [6, 6.07) is 6.17. The second kappa shape index (κ2) is 5.25. The Labute approximate surface area is 107 Å². The molecule has 18 heavy (non-hydrogen) atoms. The zero-order valence-electron chi connectivity index (χ0n) is 10.5. The van der Waals surface area contributed by atoms with Crippen LogP contribution < -0.4 is 10.5 Å². The van der Waals surface area contributed by atoms with Gasteiger partial charge in [-0.05, 0) is 32.0 Å². The molecule has 0 aliphatic heterocycles.